The number of nitrogens with two attached hydrogens (primary N) is 1. The molecule has 21 heavy (non-hydrogen) atoms. The molecule has 116 valence electrons. The molecular formula is C13H17BrFN3O2S. The van der Waals surface area contributed by atoms with Crippen LogP contribution in [0.5, 0.6) is 0 Å². The maximum atomic E-state index is 13.4. The molecule has 0 amide bonds. The van der Waals surface area contributed by atoms with Gasteiger partial charge in [0.1, 0.15) is 5.82 Å². The summed E-state index contributed by atoms with van der Waals surface area (Å²) < 4.78 is 41.3. The molecular weight excluding hydrogens is 361 g/mol. The first kappa shape index (κ1) is 15.2. The van der Waals surface area contributed by atoms with Gasteiger partial charge in [-0.3, -0.25) is 0 Å². The molecule has 1 aromatic rings. The zero-order chi connectivity index (χ0) is 15.2. The molecule has 3 N–H and O–H groups in total. The molecule has 0 radical (unpaired) electrons. The number of nitrogen functional groups attached to an aromatic ring is 1. The molecule has 5 nitrogen and oxygen atoms in total. The lowest BCUT2D eigenvalue weighted by molar-refractivity contribution is 0.0827. The summed E-state index contributed by atoms with van der Waals surface area (Å²) in [6.45, 7) is 2.81. The third-order valence-electron chi connectivity index (χ3n) is 4.30. The number of rotatable bonds is 3. The van der Waals surface area contributed by atoms with E-state index in [-0.39, 0.29) is 21.1 Å². The third-order valence-corrected chi connectivity index (χ3v) is 6.75. The highest BCUT2D eigenvalue weighted by atomic mass is 79.9. The molecule has 4 rings (SSSR count). The number of sulfonamides is 1. The van der Waals surface area contributed by atoms with E-state index in [1.807, 2.05) is 0 Å². The van der Waals surface area contributed by atoms with E-state index in [1.165, 1.54) is 0 Å². The van der Waals surface area contributed by atoms with E-state index in [4.69, 9.17) is 5.73 Å². The van der Waals surface area contributed by atoms with Crippen LogP contribution in [0, 0.1) is 11.7 Å². The Labute approximate surface area is 131 Å². The second-order valence-electron chi connectivity index (χ2n) is 5.67. The van der Waals surface area contributed by atoms with Crippen molar-refractivity contribution < 1.29 is 12.8 Å². The number of halogens is 2. The summed E-state index contributed by atoms with van der Waals surface area (Å²) in [7, 11) is -3.72. The number of benzene rings is 1. The van der Waals surface area contributed by atoms with Gasteiger partial charge in [-0.15, -0.1) is 0 Å². The summed E-state index contributed by atoms with van der Waals surface area (Å²) in [6.07, 6.45) is 2.03. The van der Waals surface area contributed by atoms with Gasteiger partial charge in [-0.1, -0.05) is 0 Å². The number of fused-ring (bicyclic) bond motifs is 3. The summed E-state index contributed by atoms with van der Waals surface area (Å²) >= 11 is 3.10. The summed E-state index contributed by atoms with van der Waals surface area (Å²) in [4.78, 5) is 2.25. The van der Waals surface area contributed by atoms with Crippen LogP contribution in [-0.2, 0) is 10.0 Å². The summed E-state index contributed by atoms with van der Waals surface area (Å²) in [6, 6.07) is 2.15. The highest BCUT2D eigenvalue weighted by Gasteiger charge is 2.37. The minimum absolute atomic E-state index is 0.0159. The number of piperidine rings is 3. The fourth-order valence-corrected chi connectivity index (χ4v) is 5.46. The SMILES string of the molecule is Nc1cc(S(=O)(=O)NC2CN3CCC2CC3)c(Br)cc1F. The Kier molecular flexibility index (Phi) is 3.98. The molecule has 0 saturated carbocycles. The van der Waals surface area contributed by atoms with E-state index in [9.17, 15) is 12.8 Å². The Morgan fingerprint density at radius 3 is 2.57 bits per heavy atom. The molecule has 1 unspecified atom stereocenters. The lowest BCUT2D eigenvalue weighted by Gasteiger charge is -2.44. The monoisotopic (exact) mass is 377 g/mol. The highest BCUT2D eigenvalue weighted by Crippen LogP contribution is 2.31. The first-order valence-corrected chi connectivity index (χ1v) is 9.13. The Balaban J connectivity index is 1.86. The average Bonchev–Trinajstić information content (AvgIpc) is 2.43. The van der Waals surface area contributed by atoms with Crippen molar-refractivity contribution in [3.8, 4) is 0 Å². The normalized spacial score (nSPS) is 28.8. The van der Waals surface area contributed by atoms with Crippen LogP contribution in [0.2, 0.25) is 0 Å². The predicted molar refractivity (Wildman–Crippen MR) is 81.8 cm³/mol. The van der Waals surface area contributed by atoms with E-state index in [2.05, 4.69) is 25.6 Å². The summed E-state index contributed by atoms with van der Waals surface area (Å²) in [5.74, 6) is -0.259. The first-order valence-electron chi connectivity index (χ1n) is 6.86. The van der Waals surface area contributed by atoms with Gasteiger partial charge in [0.2, 0.25) is 10.0 Å². The lowest BCUT2D eigenvalue weighted by Crippen LogP contribution is -2.57. The molecule has 3 aliphatic rings. The molecule has 3 aliphatic heterocycles. The van der Waals surface area contributed by atoms with Crippen molar-refractivity contribution in [1.82, 2.24) is 9.62 Å². The van der Waals surface area contributed by atoms with Gasteiger partial charge >= 0.3 is 0 Å². The Hall–Kier alpha value is -0.700. The summed E-state index contributed by atoms with van der Waals surface area (Å²) in [5.41, 5.74) is 5.31. The van der Waals surface area contributed by atoms with Gasteiger partial charge in [-0.2, -0.15) is 0 Å². The zero-order valence-corrected chi connectivity index (χ0v) is 13.8. The first-order chi connectivity index (χ1) is 9.87. The molecule has 8 heteroatoms. The number of anilines is 1. The summed E-state index contributed by atoms with van der Waals surface area (Å²) in [5, 5.41) is 0. The molecule has 0 spiro atoms. The number of hydrogen-bond donors (Lipinski definition) is 2. The van der Waals surface area contributed by atoms with Crippen LogP contribution in [0.4, 0.5) is 10.1 Å². The molecule has 0 aliphatic carbocycles. The molecule has 1 aromatic carbocycles. The fraction of sp³-hybridized carbons (Fsp3) is 0.538. The van der Waals surface area contributed by atoms with Crippen molar-refractivity contribution in [2.24, 2.45) is 5.92 Å². The van der Waals surface area contributed by atoms with Crippen LogP contribution in [0.25, 0.3) is 0 Å². The van der Waals surface area contributed by atoms with E-state index < -0.39 is 15.8 Å². The zero-order valence-electron chi connectivity index (χ0n) is 11.4. The molecule has 2 bridgehead atoms. The van der Waals surface area contributed by atoms with Crippen LogP contribution in [0.1, 0.15) is 12.8 Å². The standard InChI is InChI=1S/C13H17BrFN3O2S/c14-9-5-10(15)11(16)6-13(9)21(19,20)17-12-7-18-3-1-8(12)2-4-18/h5-6,8,12,17H,1-4,7,16H2. The van der Waals surface area contributed by atoms with Gasteiger partial charge in [0.25, 0.3) is 0 Å². The fourth-order valence-electron chi connectivity index (χ4n) is 3.11. The van der Waals surface area contributed by atoms with Gasteiger partial charge in [-0.25, -0.2) is 17.5 Å². The van der Waals surface area contributed by atoms with Crippen LogP contribution in [-0.4, -0.2) is 39.0 Å². The maximum absolute atomic E-state index is 13.4. The minimum Gasteiger partial charge on any atom is -0.396 e. The van der Waals surface area contributed by atoms with Crippen molar-refractivity contribution in [1.29, 1.82) is 0 Å². The van der Waals surface area contributed by atoms with Crippen molar-refractivity contribution in [3.63, 3.8) is 0 Å². The van der Waals surface area contributed by atoms with Crippen molar-refractivity contribution in [2.45, 2.75) is 23.8 Å². The van der Waals surface area contributed by atoms with Gasteiger partial charge in [0, 0.05) is 17.1 Å². The highest BCUT2D eigenvalue weighted by molar-refractivity contribution is 9.10. The van der Waals surface area contributed by atoms with Gasteiger partial charge in [-0.05, 0) is 59.9 Å². The topological polar surface area (TPSA) is 75.4 Å². The Bertz CT molecular complexity index is 660. The molecule has 3 saturated heterocycles. The van der Waals surface area contributed by atoms with Crippen molar-refractivity contribution in [3.05, 3.63) is 22.4 Å². The quantitative estimate of drug-likeness (QED) is 0.783. The van der Waals surface area contributed by atoms with E-state index in [1.54, 1.807) is 0 Å². The average molecular weight is 378 g/mol. The molecule has 1 atom stereocenters. The maximum Gasteiger partial charge on any atom is 0.242 e. The molecule has 0 aromatic heterocycles. The van der Waals surface area contributed by atoms with E-state index in [0.717, 1.165) is 44.6 Å². The van der Waals surface area contributed by atoms with Crippen LogP contribution >= 0.6 is 15.9 Å². The largest absolute Gasteiger partial charge is 0.396 e. The van der Waals surface area contributed by atoms with Crippen LogP contribution < -0.4 is 10.5 Å². The lowest BCUT2D eigenvalue weighted by atomic mass is 9.85. The predicted octanol–water partition coefficient (Wildman–Crippen LogP) is 1.54. The Morgan fingerprint density at radius 2 is 2.00 bits per heavy atom. The smallest absolute Gasteiger partial charge is 0.242 e. The second-order valence-corrected chi connectivity index (χ2v) is 8.21. The van der Waals surface area contributed by atoms with Crippen molar-refractivity contribution in [2.75, 3.05) is 25.4 Å². The minimum atomic E-state index is -3.72. The molecule has 3 fully saturated rings. The van der Waals surface area contributed by atoms with Crippen molar-refractivity contribution >= 4 is 31.6 Å². The van der Waals surface area contributed by atoms with Gasteiger partial charge in [0.15, 0.2) is 0 Å². The Morgan fingerprint density at radius 1 is 1.33 bits per heavy atom. The van der Waals surface area contributed by atoms with Gasteiger partial charge in [0.05, 0.1) is 10.6 Å². The number of hydrogen-bond acceptors (Lipinski definition) is 4. The van der Waals surface area contributed by atoms with Gasteiger partial charge < -0.3 is 10.6 Å². The number of nitrogens with zero attached hydrogens (tertiary/aromatic N) is 1. The third kappa shape index (κ3) is 2.94. The van der Waals surface area contributed by atoms with E-state index in [0.29, 0.717) is 5.92 Å². The van der Waals surface area contributed by atoms with E-state index >= 15 is 0 Å². The van der Waals surface area contributed by atoms with Crippen LogP contribution in [0.15, 0.2) is 21.5 Å². The van der Waals surface area contributed by atoms with Crippen LogP contribution in [0.3, 0.4) is 0 Å². The second kappa shape index (κ2) is 5.49. The number of nitrogens with one attached hydrogen (secondary N) is 1. The molecule has 3 heterocycles.